The van der Waals surface area contributed by atoms with Gasteiger partial charge < -0.3 is 10.4 Å². The number of aliphatic carboxylic acids is 1. The molecule has 0 saturated carbocycles. The SMILES string of the molecule is O=C(O)CCSCCC(=O)Nc1c(Cl)cccc1Cl. The van der Waals surface area contributed by atoms with Crippen LogP contribution in [0.2, 0.25) is 10.0 Å². The van der Waals surface area contributed by atoms with Crippen LogP contribution in [0.25, 0.3) is 0 Å². The molecule has 0 heterocycles. The highest BCUT2D eigenvalue weighted by Crippen LogP contribution is 2.29. The van der Waals surface area contributed by atoms with Crippen molar-refractivity contribution in [1.29, 1.82) is 0 Å². The third-order valence-electron chi connectivity index (χ3n) is 2.16. The number of hydrogen-bond donors (Lipinski definition) is 2. The van der Waals surface area contributed by atoms with Gasteiger partial charge in [0.05, 0.1) is 22.2 Å². The zero-order chi connectivity index (χ0) is 14.3. The van der Waals surface area contributed by atoms with E-state index < -0.39 is 5.97 Å². The second kappa shape index (κ2) is 8.30. The van der Waals surface area contributed by atoms with E-state index in [0.29, 0.717) is 27.2 Å². The first kappa shape index (κ1) is 16.1. The molecule has 2 N–H and O–H groups in total. The van der Waals surface area contributed by atoms with Crippen LogP contribution in [0.15, 0.2) is 18.2 Å². The first-order valence-corrected chi connectivity index (χ1v) is 7.45. The highest BCUT2D eigenvalue weighted by Gasteiger charge is 2.09. The molecular formula is C12H13Cl2NO3S. The number of carboxylic acids is 1. The van der Waals surface area contributed by atoms with E-state index >= 15 is 0 Å². The van der Waals surface area contributed by atoms with Gasteiger partial charge in [-0.2, -0.15) is 11.8 Å². The zero-order valence-electron chi connectivity index (χ0n) is 9.99. The maximum Gasteiger partial charge on any atom is 0.304 e. The average molecular weight is 322 g/mol. The van der Waals surface area contributed by atoms with Crippen LogP contribution in [0.4, 0.5) is 5.69 Å². The molecule has 0 aromatic heterocycles. The summed E-state index contributed by atoms with van der Waals surface area (Å²) in [7, 11) is 0. The van der Waals surface area contributed by atoms with Gasteiger partial charge >= 0.3 is 5.97 Å². The largest absolute Gasteiger partial charge is 0.481 e. The van der Waals surface area contributed by atoms with Crippen LogP contribution in [-0.2, 0) is 9.59 Å². The molecule has 0 aliphatic heterocycles. The minimum atomic E-state index is -0.834. The molecule has 1 rings (SSSR count). The minimum absolute atomic E-state index is 0.0998. The Morgan fingerprint density at radius 1 is 1.16 bits per heavy atom. The molecule has 1 aromatic rings. The van der Waals surface area contributed by atoms with E-state index in [4.69, 9.17) is 28.3 Å². The summed E-state index contributed by atoms with van der Waals surface area (Å²) in [5.74, 6) is 0.0223. The lowest BCUT2D eigenvalue weighted by Gasteiger charge is -2.08. The quantitative estimate of drug-likeness (QED) is 0.754. The third kappa shape index (κ3) is 6.18. The van der Waals surface area contributed by atoms with Crippen molar-refractivity contribution < 1.29 is 14.7 Å². The molecular weight excluding hydrogens is 309 g/mol. The van der Waals surface area contributed by atoms with Crippen LogP contribution in [0.1, 0.15) is 12.8 Å². The predicted octanol–water partition coefficient (Wildman–Crippen LogP) is 3.53. The number of halogens is 2. The molecule has 0 unspecified atom stereocenters. The zero-order valence-corrected chi connectivity index (χ0v) is 12.3. The molecule has 1 aromatic carbocycles. The lowest BCUT2D eigenvalue weighted by atomic mass is 10.3. The number of amides is 1. The Kier molecular flexibility index (Phi) is 7.05. The summed E-state index contributed by atoms with van der Waals surface area (Å²) in [5, 5.41) is 11.9. The molecule has 0 atom stereocenters. The minimum Gasteiger partial charge on any atom is -0.481 e. The summed E-state index contributed by atoms with van der Waals surface area (Å²) in [6.45, 7) is 0. The second-order valence-electron chi connectivity index (χ2n) is 3.65. The Hall–Kier alpha value is -0.910. The number of hydrogen-bond acceptors (Lipinski definition) is 3. The second-order valence-corrected chi connectivity index (χ2v) is 5.69. The number of rotatable bonds is 7. The van der Waals surface area contributed by atoms with Crippen molar-refractivity contribution in [2.24, 2.45) is 0 Å². The van der Waals surface area contributed by atoms with Crippen molar-refractivity contribution in [2.45, 2.75) is 12.8 Å². The van der Waals surface area contributed by atoms with Crippen LogP contribution < -0.4 is 5.32 Å². The van der Waals surface area contributed by atoms with E-state index in [9.17, 15) is 9.59 Å². The molecule has 0 bridgehead atoms. The monoisotopic (exact) mass is 321 g/mol. The van der Waals surface area contributed by atoms with E-state index in [-0.39, 0.29) is 18.7 Å². The Balaban J connectivity index is 2.33. The Labute approximate surface area is 125 Å². The summed E-state index contributed by atoms with van der Waals surface area (Å²) < 4.78 is 0. The predicted molar refractivity (Wildman–Crippen MR) is 79.3 cm³/mol. The first-order valence-electron chi connectivity index (χ1n) is 5.54. The third-order valence-corrected chi connectivity index (χ3v) is 3.78. The molecule has 7 heteroatoms. The number of benzene rings is 1. The van der Waals surface area contributed by atoms with Gasteiger partial charge in [-0.05, 0) is 12.1 Å². The van der Waals surface area contributed by atoms with Gasteiger partial charge in [0.15, 0.2) is 0 Å². The van der Waals surface area contributed by atoms with E-state index in [1.165, 1.54) is 11.8 Å². The summed E-state index contributed by atoms with van der Waals surface area (Å²) in [4.78, 5) is 21.9. The van der Waals surface area contributed by atoms with E-state index in [0.717, 1.165) is 0 Å². The van der Waals surface area contributed by atoms with E-state index in [1.54, 1.807) is 18.2 Å². The highest BCUT2D eigenvalue weighted by molar-refractivity contribution is 7.99. The maximum absolute atomic E-state index is 11.7. The van der Waals surface area contributed by atoms with Crippen molar-refractivity contribution in [3.05, 3.63) is 28.2 Å². The van der Waals surface area contributed by atoms with Crippen LogP contribution in [0.5, 0.6) is 0 Å². The van der Waals surface area contributed by atoms with Crippen molar-refractivity contribution in [3.8, 4) is 0 Å². The lowest BCUT2D eigenvalue weighted by molar-refractivity contribution is -0.136. The van der Waals surface area contributed by atoms with Crippen molar-refractivity contribution in [1.82, 2.24) is 0 Å². The van der Waals surface area contributed by atoms with Gasteiger partial charge in [-0.1, -0.05) is 29.3 Å². The Morgan fingerprint density at radius 3 is 2.32 bits per heavy atom. The highest BCUT2D eigenvalue weighted by atomic mass is 35.5. The molecule has 0 radical (unpaired) electrons. The van der Waals surface area contributed by atoms with Crippen molar-refractivity contribution >= 4 is 52.5 Å². The lowest BCUT2D eigenvalue weighted by Crippen LogP contribution is -2.13. The van der Waals surface area contributed by atoms with Crippen LogP contribution in [0, 0.1) is 0 Å². The van der Waals surface area contributed by atoms with Crippen LogP contribution >= 0.6 is 35.0 Å². The molecule has 0 aliphatic rings. The topological polar surface area (TPSA) is 66.4 Å². The molecule has 104 valence electrons. The Morgan fingerprint density at radius 2 is 1.74 bits per heavy atom. The van der Waals surface area contributed by atoms with Gasteiger partial charge in [-0.15, -0.1) is 0 Å². The number of para-hydroxylation sites is 1. The summed E-state index contributed by atoms with van der Waals surface area (Å²) in [6, 6.07) is 4.98. The smallest absolute Gasteiger partial charge is 0.304 e. The number of carbonyl (C=O) groups is 2. The van der Waals surface area contributed by atoms with Crippen molar-refractivity contribution in [2.75, 3.05) is 16.8 Å². The van der Waals surface area contributed by atoms with E-state index in [1.807, 2.05) is 0 Å². The standard InChI is InChI=1S/C12H13Cl2NO3S/c13-8-2-1-3-9(14)12(8)15-10(16)4-6-19-7-5-11(17)18/h1-3H,4-7H2,(H,15,16)(H,17,18). The normalized spacial score (nSPS) is 10.2. The summed E-state index contributed by atoms with van der Waals surface area (Å²) in [5.41, 5.74) is 0.409. The van der Waals surface area contributed by atoms with Gasteiger partial charge in [0.25, 0.3) is 0 Å². The van der Waals surface area contributed by atoms with Gasteiger partial charge in [0, 0.05) is 17.9 Å². The molecule has 0 spiro atoms. The maximum atomic E-state index is 11.7. The fourth-order valence-electron chi connectivity index (χ4n) is 1.25. The van der Waals surface area contributed by atoms with Gasteiger partial charge in [0.2, 0.25) is 5.91 Å². The fourth-order valence-corrected chi connectivity index (χ4v) is 2.59. The molecule has 0 aliphatic carbocycles. The number of carbonyl (C=O) groups excluding carboxylic acids is 1. The molecule has 19 heavy (non-hydrogen) atoms. The summed E-state index contributed by atoms with van der Waals surface area (Å²) >= 11 is 13.3. The average Bonchev–Trinajstić information content (AvgIpc) is 2.33. The summed E-state index contributed by atoms with van der Waals surface area (Å²) in [6.07, 6.45) is 0.383. The van der Waals surface area contributed by atoms with Gasteiger partial charge in [-0.25, -0.2) is 0 Å². The Bertz CT molecular complexity index is 448. The fraction of sp³-hybridized carbons (Fsp3) is 0.333. The van der Waals surface area contributed by atoms with Crippen LogP contribution in [-0.4, -0.2) is 28.5 Å². The number of anilines is 1. The molecule has 0 fully saturated rings. The molecule has 1 amide bonds. The first-order chi connectivity index (χ1) is 9.00. The van der Waals surface area contributed by atoms with Gasteiger partial charge in [-0.3, -0.25) is 9.59 Å². The van der Waals surface area contributed by atoms with Gasteiger partial charge in [0.1, 0.15) is 0 Å². The number of carboxylic acid groups (broad SMARTS) is 1. The number of nitrogens with one attached hydrogen (secondary N) is 1. The van der Waals surface area contributed by atoms with Crippen molar-refractivity contribution in [3.63, 3.8) is 0 Å². The molecule has 4 nitrogen and oxygen atoms in total. The number of thioether (sulfide) groups is 1. The van der Waals surface area contributed by atoms with E-state index in [2.05, 4.69) is 5.32 Å². The molecule has 0 saturated heterocycles. The van der Waals surface area contributed by atoms with Crippen LogP contribution in [0.3, 0.4) is 0 Å².